The molecule has 0 aliphatic carbocycles. The summed E-state index contributed by atoms with van der Waals surface area (Å²) in [6, 6.07) is 13.5. The number of amides is 1. The number of aliphatic hydroxyl groups is 2. The molecule has 0 fully saturated rings. The van der Waals surface area contributed by atoms with Crippen molar-refractivity contribution in [3.63, 3.8) is 0 Å². The maximum absolute atomic E-state index is 13.6. The minimum atomic E-state index is -1.70. The van der Waals surface area contributed by atoms with E-state index in [-0.39, 0.29) is 18.1 Å². The first-order chi connectivity index (χ1) is 16.4. The van der Waals surface area contributed by atoms with E-state index < -0.39 is 6.29 Å². The van der Waals surface area contributed by atoms with Crippen LogP contribution in [0.3, 0.4) is 0 Å². The first-order valence-corrected chi connectivity index (χ1v) is 11.7. The van der Waals surface area contributed by atoms with E-state index in [0.29, 0.717) is 33.5 Å². The SMILES string of the molecule is C=Cc1sc(CN(CCCc2ccccc2)C(=O)c2cc(OC)c(C)c(OC)c2)nc1C(O)O. The highest BCUT2D eigenvalue weighted by Crippen LogP contribution is 2.31. The first kappa shape index (κ1) is 25.4. The molecular formula is C26H30N2O5S. The highest BCUT2D eigenvalue weighted by molar-refractivity contribution is 7.12. The van der Waals surface area contributed by atoms with Crippen LogP contribution in [-0.2, 0) is 13.0 Å². The smallest absolute Gasteiger partial charge is 0.254 e. The maximum atomic E-state index is 13.6. The third kappa shape index (κ3) is 6.02. The van der Waals surface area contributed by atoms with E-state index in [2.05, 4.69) is 23.7 Å². The minimum absolute atomic E-state index is 0.144. The molecule has 1 amide bonds. The summed E-state index contributed by atoms with van der Waals surface area (Å²) >= 11 is 1.28. The van der Waals surface area contributed by atoms with Crippen LogP contribution < -0.4 is 9.47 Å². The average Bonchev–Trinajstić information content (AvgIpc) is 3.27. The van der Waals surface area contributed by atoms with Crippen LogP contribution in [0.4, 0.5) is 0 Å². The molecule has 0 aliphatic heterocycles. The third-order valence-corrected chi connectivity index (χ3v) is 6.56. The first-order valence-electron chi connectivity index (χ1n) is 10.9. The van der Waals surface area contributed by atoms with E-state index in [1.165, 1.54) is 23.0 Å². The van der Waals surface area contributed by atoms with Crippen molar-refractivity contribution in [1.82, 2.24) is 9.88 Å². The molecule has 0 radical (unpaired) electrons. The van der Waals surface area contributed by atoms with Crippen LogP contribution in [0.2, 0.25) is 0 Å². The second kappa shape index (κ2) is 11.8. The normalized spacial score (nSPS) is 10.9. The Bertz CT molecular complexity index is 1100. The van der Waals surface area contributed by atoms with E-state index >= 15 is 0 Å². The number of hydrogen-bond acceptors (Lipinski definition) is 7. The second-order valence-electron chi connectivity index (χ2n) is 7.76. The fourth-order valence-electron chi connectivity index (χ4n) is 3.72. The fourth-order valence-corrected chi connectivity index (χ4v) is 4.67. The van der Waals surface area contributed by atoms with Crippen LogP contribution >= 0.6 is 11.3 Å². The molecule has 2 N–H and O–H groups in total. The van der Waals surface area contributed by atoms with E-state index in [1.54, 1.807) is 31.3 Å². The van der Waals surface area contributed by atoms with Gasteiger partial charge < -0.3 is 24.6 Å². The number of aliphatic hydroxyl groups excluding tert-OH is 1. The summed E-state index contributed by atoms with van der Waals surface area (Å²) in [6.45, 7) is 6.31. The van der Waals surface area contributed by atoms with Gasteiger partial charge in [0.25, 0.3) is 5.91 Å². The van der Waals surface area contributed by atoms with Crippen molar-refractivity contribution < 1.29 is 24.5 Å². The number of methoxy groups -OCH3 is 2. The lowest BCUT2D eigenvalue weighted by Crippen LogP contribution is -2.32. The van der Waals surface area contributed by atoms with Crippen molar-refractivity contribution in [2.45, 2.75) is 32.6 Å². The lowest BCUT2D eigenvalue weighted by molar-refractivity contribution is -0.0456. The number of aromatic nitrogens is 1. The van der Waals surface area contributed by atoms with Gasteiger partial charge in [-0.25, -0.2) is 4.98 Å². The number of carbonyl (C=O) groups excluding carboxylic acids is 1. The molecule has 7 nitrogen and oxygen atoms in total. The van der Waals surface area contributed by atoms with Crippen LogP contribution in [0.15, 0.2) is 49.0 Å². The predicted octanol–water partition coefficient (Wildman–Crippen LogP) is 4.37. The molecule has 0 atom stereocenters. The summed E-state index contributed by atoms with van der Waals surface area (Å²) in [4.78, 5) is 20.2. The molecule has 0 unspecified atom stereocenters. The van der Waals surface area contributed by atoms with Gasteiger partial charge in [-0.15, -0.1) is 11.3 Å². The zero-order valence-corrected chi connectivity index (χ0v) is 20.5. The minimum Gasteiger partial charge on any atom is -0.496 e. The van der Waals surface area contributed by atoms with Crippen molar-refractivity contribution in [2.75, 3.05) is 20.8 Å². The number of rotatable bonds is 11. The molecule has 0 saturated heterocycles. The largest absolute Gasteiger partial charge is 0.496 e. The van der Waals surface area contributed by atoms with Gasteiger partial charge in [0.1, 0.15) is 22.2 Å². The molecule has 0 saturated carbocycles. The summed E-state index contributed by atoms with van der Waals surface area (Å²) < 4.78 is 10.9. The Morgan fingerprint density at radius 1 is 1.18 bits per heavy atom. The van der Waals surface area contributed by atoms with Crippen LogP contribution in [0, 0.1) is 6.92 Å². The molecule has 0 aliphatic rings. The molecule has 180 valence electrons. The predicted molar refractivity (Wildman–Crippen MR) is 133 cm³/mol. The summed E-state index contributed by atoms with van der Waals surface area (Å²) in [5, 5.41) is 19.8. The Morgan fingerprint density at radius 2 is 1.82 bits per heavy atom. The van der Waals surface area contributed by atoms with Crippen LogP contribution in [0.5, 0.6) is 11.5 Å². The van der Waals surface area contributed by atoms with Gasteiger partial charge in [0.05, 0.1) is 25.6 Å². The van der Waals surface area contributed by atoms with E-state index in [0.717, 1.165) is 18.4 Å². The summed E-state index contributed by atoms with van der Waals surface area (Å²) in [5.41, 5.74) is 2.60. The molecule has 0 bridgehead atoms. The number of nitrogens with zero attached hydrogens (tertiary/aromatic N) is 2. The number of aryl methyl sites for hydroxylation is 1. The molecule has 3 aromatic rings. The highest BCUT2D eigenvalue weighted by Gasteiger charge is 2.22. The van der Waals surface area contributed by atoms with Crippen molar-refractivity contribution in [1.29, 1.82) is 0 Å². The van der Waals surface area contributed by atoms with Crippen molar-refractivity contribution in [2.24, 2.45) is 0 Å². The van der Waals surface area contributed by atoms with Crippen LogP contribution in [0.1, 0.15) is 49.8 Å². The van der Waals surface area contributed by atoms with E-state index in [1.807, 2.05) is 25.1 Å². The quantitative estimate of drug-likeness (QED) is 0.394. The maximum Gasteiger partial charge on any atom is 0.254 e. The number of hydrogen-bond donors (Lipinski definition) is 2. The van der Waals surface area contributed by atoms with Gasteiger partial charge in [-0.1, -0.05) is 43.0 Å². The zero-order chi connectivity index (χ0) is 24.7. The van der Waals surface area contributed by atoms with Gasteiger partial charge in [0.15, 0.2) is 6.29 Å². The van der Waals surface area contributed by atoms with Gasteiger partial charge in [0.2, 0.25) is 0 Å². The second-order valence-corrected chi connectivity index (χ2v) is 8.87. The molecule has 0 spiro atoms. The number of ether oxygens (including phenoxy) is 2. The molecule has 34 heavy (non-hydrogen) atoms. The van der Waals surface area contributed by atoms with Crippen molar-refractivity contribution in [3.8, 4) is 11.5 Å². The fraction of sp³-hybridized carbons (Fsp3) is 0.308. The monoisotopic (exact) mass is 482 g/mol. The zero-order valence-electron chi connectivity index (χ0n) is 19.7. The summed E-state index contributed by atoms with van der Waals surface area (Å²) in [7, 11) is 3.11. The Hall–Kier alpha value is -3.20. The number of benzene rings is 2. The standard InChI is InChI=1S/C26H30N2O5S/c1-5-22-24(26(30)31)27-23(34-22)16-28(13-9-12-18-10-7-6-8-11-18)25(29)19-14-20(32-3)17(2)21(15-19)33-4/h5-8,10-11,14-15,26,30-31H,1,9,12-13,16H2,2-4H3. The average molecular weight is 483 g/mol. The molecule has 8 heteroatoms. The lowest BCUT2D eigenvalue weighted by atomic mass is 10.1. The Kier molecular flexibility index (Phi) is 8.81. The summed E-state index contributed by atoms with van der Waals surface area (Å²) in [6.07, 6.45) is 1.41. The van der Waals surface area contributed by atoms with Gasteiger partial charge >= 0.3 is 0 Å². The van der Waals surface area contributed by atoms with Crippen LogP contribution in [0.25, 0.3) is 6.08 Å². The van der Waals surface area contributed by atoms with E-state index in [4.69, 9.17) is 9.47 Å². The number of carbonyl (C=O) groups is 1. The van der Waals surface area contributed by atoms with Gasteiger partial charge in [0, 0.05) is 17.7 Å². The molecule has 1 aromatic heterocycles. The van der Waals surface area contributed by atoms with Crippen LogP contribution in [-0.4, -0.2) is 46.8 Å². The topological polar surface area (TPSA) is 92.1 Å². The Balaban J connectivity index is 1.89. The lowest BCUT2D eigenvalue weighted by Gasteiger charge is -2.23. The summed E-state index contributed by atoms with van der Waals surface area (Å²) in [5.74, 6) is 0.952. The van der Waals surface area contributed by atoms with E-state index in [9.17, 15) is 15.0 Å². The third-order valence-electron chi connectivity index (χ3n) is 5.50. The molecular weight excluding hydrogens is 452 g/mol. The molecule has 1 heterocycles. The van der Waals surface area contributed by atoms with Gasteiger partial charge in [-0.05, 0) is 37.5 Å². The van der Waals surface area contributed by atoms with Gasteiger partial charge in [-0.2, -0.15) is 0 Å². The van der Waals surface area contributed by atoms with Crippen molar-refractivity contribution in [3.05, 3.63) is 81.3 Å². The Labute approximate surface area is 203 Å². The molecule has 3 rings (SSSR count). The molecule has 2 aromatic carbocycles. The Morgan fingerprint density at radius 3 is 2.35 bits per heavy atom. The highest BCUT2D eigenvalue weighted by atomic mass is 32.1. The van der Waals surface area contributed by atoms with Crippen molar-refractivity contribution >= 4 is 23.3 Å². The number of thiazole rings is 1. The van der Waals surface area contributed by atoms with Gasteiger partial charge in [-0.3, -0.25) is 4.79 Å².